The molecular formula is C14H15BrFN3O. The van der Waals surface area contributed by atoms with Crippen LogP contribution in [0.1, 0.15) is 19.8 Å². The van der Waals surface area contributed by atoms with Gasteiger partial charge < -0.3 is 4.90 Å². The number of piperazine rings is 1. The number of rotatable bonds is 3. The van der Waals surface area contributed by atoms with Gasteiger partial charge in [-0.2, -0.15) is 0 Å². The van der Waals surface area contributed by atoms with Crippen molar-refractivity contribution >= 4 is 27.7 Å². The van der Waals surface area contributed by atoms with Crippen LogP contribution in [0.2, 0.25) is 0 Å². The van der Waals surface area contributed by atoms with Crippen molar-refractivity contribution in [3.63, 3.8) is 0 Å². The van der Waals surface area contributed by atoms with E-state index in [2.05, 4.69) is 26.7 Å². The molecule has 106 valence electrons. The Kier molecular flexibility index (Phi) is 3.52. The number of carbonyl (C=O) groups excluding carboxylic acids is 1. The summed E-state index contributed by atoms with van der Waals surface area (Å²) in [6.07, 6.45) is 5.61. The zero-order valence-corrected chi connectivity index (χ0v) is 12.7. The normalized spacial score (nSPS) is 25.9. The lowest BCUT2D eigenvalue weighted by Gasteiger charge is -2.41. The van der Waals surface area contributed by atoms with Gasteiger partial charge in [-0.05, 0) is 47.8 Å². The molecule has 0 spiro atoms. The van der Waals surface area contributed by atoms with Crippen molar-refractivity contribution in [1.82, 2.24) is 9.80 Å². The molecule has 1 aliphatic carbocycles. The van der Waals surface area contributed by atoms with Crippen LogP contribution in [0.5, 0.6) is 0 Å². The number of allylic oxidation sites excluding steroid dienone is 1. The average Bonchev–Trinajstić information content (AvgIpc) is 3.23. The largest absolute Gasteiger partial charge is 0.340 e. The van der Waals surface area contributed by atoms with Gasteiger partial charge in [-0.3, -0.25) is 9.69 Å². The Morgan fingerprint density at radius 2 is 2.30 bits per heavy atom. The second-order valence-electron chi connectivity index (χ2n) is 5.08. The fraction of sp³-hybridized carbons (Fsp3) is 0.500. The Morgan fingerprint density at radius 1 is 1.55 bits per heavy atom. The van der Waals surface area contributed by atoms with E-state index in [1.54, 1.807) is 12.2 Å². The topological polar surface area (TPSA) is 35.9 Å². The van der Waals surface area contributed by atoms with Crippen LogP contribution in [-0.2, 0) is 4.79 Å². The van der Waals surface area contributed by atoms with Gasteiger partial charge in [0.25, 0.3) is 0 Å². The first-order valence-electron chi connectivity index (χ1n) is 6.70. The second-order valence-corrected chi connectivity index (χ2v) is 5.89. The van der Waals surface area contributed by atoms with E-state index in [-0.39, 0.29) is 18.5 Å². The van der Waals surface area contributed by atoms with E-state index in [1.165, 1.54) is 4.90 Å². The number of carbonyl (C=O) groups is 1. The van der Waals surface area contributed by atoms with Crippen LogP contribution < -0.4 is 0 Å². The van der Waals surface area contributed by atoms with Gasteiger partial charge in [-0.15, -0.1) is 0 Å². The molecule has 3 aliphatic rings. The summed E-state index contributed by atoms with van der Waals surface area (Å²) in [7, 11) is 0. The van der Waals surface area contributed by atoms with Gasteiger partial charge in [0, 0.05) is 6.04 Å². The first-order valence-corrected chi connectivity index (χ1v) is 7.50. The highest BCUT2D eigenvalue weighted by Crippen LogP contribution is 2.35. The van der Waals surface area contributed by atoms with Gasteiger partial charge in [0.15, 0.2) is 5.84 Å². The molecule has 6 heteroatoms. The molecule has 4 nitrogen and oxygen atoms in total. The van der Waals surface area contributed by atoms with Crippen LogP contribution >= 0.6 is 15.9 Å². The second kappa shape index (κ2) is 5.19. The maximum atomic E-state index is 12.8. The minimum atomic E-state index is -0.574. The maximum absolute atomic E-state index is 12.8. The molecule has 1 amide bonds. The van der Waals surface area contributed by atoms with Gasteiger partial charge in [0.2, 0.25) is 5.91 Å². The van der Waals surface area contributed by atoms with Crippen molar-refractivity contribution in [1.29, 1.82) is 0 Å². The number of hydrogen-bond donors (Lipinski definition) is 0. The number of amidine groups is 1. The lowest BCUT2D eigenvalue weighted by Crippen LogP contribution is -2.58. The number of halogens is 2. The Bertz CT molecular complexity index is 573. The molecule has 2 fully saturated rings. The fourth-order valence-electron chi connectivity index (χ4n) is 2.61. The van der Waals surface area contributed by atoms with Crippen LogP contribution in [0, 0.1) is 0 Å². The molecule has 0 N–H and O–H groups in total. The maximum Gasteiger partial charge on any atom is 0.250 e. The Balaban J connectivity index is 2.08. The molecule has 1 saturated heterocycles. The molecule has 0 bridgehead atoms. The molecule has 20 heavy (non-hydrogen) atoms. The third kappa shape index (κ3) is 2.23. The predicted molar refractivity (Wildman–Crippen MR) is 78.1 cm³/mol. The van der Waals surface area contributed by atoms with Crippen molar-refractivity contribution in [3.05, 3.63) is 28.2 Å². The van der Waals surface area contributed by atoms with E-state index in [9.17, 15) is 9.18 Å². The highest BCUT2D eigenvalue weighted by atomic mass is 79.9. The highest BCUT2D eigenvalue weighted by Gasteiger charge is 2.45. The lowest BCUT2D eigenvalue weighted by atomic mass is 10.1. The molecule has 0 aromatic heterocycles. The monoisotopic (exact) mass is 339 g/mol. The zero-order chi connectivity index (χ0) is 14.3. The standard InChI is InChI=1S/C14H15BrFN3O/c1-9-14(20)18(8-7-16)11-3-2-4-12(15)17-13(11)19(9)10-5-6-10/h2,4,9-10H,5-8H2,1H3. The molecule has 3 rings (SSSR count). The molecule has 1 saturated carbocycles. The van der Waals surface area contributed by atoms with Crippen LogP contribution in [0.15, 0.2) is 33.2 Å². The highest BCUT2D eigenvalue weighted by molar-refractivity contribution is 9.11. The van der Waals surface area contributed by atoms with Gasteiger partial charge in [0.1, 0.15) is 23.0 Å². The predicted octanol–water partition coefficient (Wildman–Crippen LogP) is 2.34. The van der Waals surface area contributed by atoms with Gasteiger partial charge in [-0.1, -0.05) is 5.73 Å². The van der Waals surface area contributed by atoms with Crippen molar-refractivity contribution in [2.45, 2.75) is 31.8 Å². The Morgan fingerprint density at radius 3 is 2.95 bits per heavy atom. The molecule has 1 unspecified atom stereocenters. The smallest absolute Gasteiger partial charge is 0.250 e. The first kappa shape index (κ1) is 13.6. The summed E-state index contributed by atoms with van der Waals surface area (Å²) in [6, 6.07) is 0.0483. The summed E-state index contributed by atoms with van der Waals surface area (Å²) in [5.41, 5.74) is 3.64. The summed E-state index contributed by atoms with van der Waals surface area (Å²) in [5.74, 6) is 0.632. The zero-order valence-electron chi connectivity index (χ0n) is 11.1. The number of alkyl halides is 1. The molecule has 0 radical (unpaired) electrons. The molecule has 2 aliphatic heterocycles. The van der Waals surface area contributed by atoms with E-state index in [0.717, 1.165) is 12.8 Å². The van der Waals surface area contributed by atoms with Crippen LogP contribution in [0.3, 0.4) is 0 Å². The number of amides is 1. The van der Waals surface area contributed by atoms with Crippen molar-refractivity contribution < 1.29 is 9.18 Å². The number of nitrogens with zero attached hydrogens (tertiary/aromatic N) is 3. The van der Waals surface area contributed by atoms with Crippen LogP contribution in [0.25, 0.3) is 0 Å². The lowest BCUT2D eigenvalue weighted by molar-refractivity contribution is -0.134. The Hall–Kier alpha value is -1.39. The minimum Gasteiger partial charge on any atom is -0.340 e. The number of hydrogen-bond acceptors (Lipinski definition) is 3. The Labute approximate surface area is 125 Å². The van der Waals surface area contributed by atoms with E-state index < -0.39 is 6.67 Å². The van der Waals surface area contributed by atoms with Crippen molar-refractivity contribution in [2.24, 2.45) is 4.99 Å². The SMILES string of the molecule is CC1C(=O)N(CCF)C2=C=CC=C(Br)N=C2N1C1CC1. The van der Waals surface area contributed by atoms with Crippen molar-refractivity contribution in [3.8, 4) is 0 Å². The van der Waals surface area contributed by atoms with Crippen LogP contribution in [0.4, 0.5) is 4.39 Å². The van der Waals surface area contributed by atoms with E-state index >= 15 is 0 Å². The number of fused-ring (bicyclic) bond motifs is 1. The summed E-state index contributed by atoms with van der Waals surface area (Å²) in [6.45, 7) is 1.33. The third-order valence-corrected chi connectivity index (χ3v) is 4.11. The van der Waals surface area contributed by atoms with E-state index in [4.69, 9.17) is 0 Å². The minimum absolute atomic E-state index is 0.0501. The molecule has 0 aromatic carbocycles. The summed E-state index contributed by atoms with van der Waals surface area (Å²) in [4.78, 5) is 20.5. The summed E-state index contributed by atoms with van der Waals surface area (Å²) >= 11 is 3.38. The van der Waals surface area contributed by atoms with Gasteiger partial charge in [-0.25, -0.2) is 9.38 Å². The molecule has 1 atom stereocenters. The molecule has 0 aromatic rings. The average molecular weight is 340 g/mol. The molecule has 2 heterocycles. The van der Waals surface area contributed by atoms with E-state index in [0.29, 0.717) is 22.2 Å². The number of aliphatic imine (C=N–C) groups is 1. The fourth-order valence-corrected chi connectivity index (χ4v) is 2.91. The quantitative estimate of drug-likeness (QED) is 0.584. The van der Waals surface area contributed by atoms with Crippen LogP contribution in [-0.4, -0.2) is 46.8 Å². The van der Waals surface area contributed by atoms with Gasteiger partial charge in [0.05, 0.1) is 6.54 Å². The van der Waals surface area contributed by atoms with Gasteiger partial charge >= 0.3 is 0 Å². The van der Waals surface area contributed by atoms with Crippen molar-refractivity contribution in [2.75, 3.05) is 13.2 Å². The molecular weight excluding hydrogens is 325 g/mol. The summed E-state index contributed by atoms with van der Waals surface area (Å²) < 4.78 is 13.4. The van der Waals surface area contributed by atoms with E-state index in [1.807, 2.05) is 11.8 Å². The third-order valence-electron chi connectivity index (χ3n) is 3.67. The summed E-state index contributed by atoms with van der Waals surface area (Å²) in [5, 5.41) is 0. The first-order chi connectivity index (χ1) is 9.63.